The zero-order chi connectivity index (χ0) is 13.3. The number of aromatic nitrogens is 2. The third-order valence-electron chi connectivity index (χ3n) is 2.36. The average Bonchev–Trinajstić information content (AvgIpc) is 2.82. The molecule has 2 aromatic heterocycles. The molecule has 0 aliphatic carbocycles. The first kappa shape index (κ1) is 13.4. The lowest BCUT2D eigenvalue weighted by atomic mass is 10.1. The molecular weight excluding hydrogens is 295 g/mol. The van der Waals surface area contributed by atoms with E-state index in [0.29, 0.717) is 26.5 Å². The van der Waals surface area contributed by atoms with E-state index in [9.17, 15) is 9.90 Å². The molecule has 96 valence electrons. The maximum Gasteiger partial charge on any atom is 0.339 e. The Kier molecular flexibility index (Phi) is 3.94. The van der Waals surface area contributed by atoms with Crippen molar-refractivity contribution in [3.05, 3.63) is 26.5 Å². The molecule has 0 atom stereocenters. The average molecular weight is 305 g/mol. The maximum atomic E-state index is 11.2. The second kappa shape index (κ2) is 5.30. The van der Waals surface area contributed by atoms with Crippen LogP contribution in [0.3, 0.4) is 0 Å². The van der Waals surface area contributed by atoms with E-state index in [4.69, 9.17) is 23.2 Å². The molecule has 4 nitrogen and oxygen atoms in total. The summed E-state index contributed by atoms with van der Waals surface area (Å²) in [5.41, 5.74) is 1.07. The molecule has 0 saturated carbocycles. The van der Waals surface area contributed by atoms with Gasteiger partial charge in [0.05, 0.1) is 4.34 Å². The van der Waals surface area contributed by atoms with Crippen LogP contribution in [0.4, 0.5) is 0 Å². The van der Waals surface area contributed by atoms with Crippen molar-refractivity contribution in [3.8, 4) is 11.3 Å². The summed E-state index contributed by atoms with van der Waals surface area (Å²) in [6, 6.07) is 1.64. The molecule has 0 radical (unpaired) electrons. The lowest BCUT2D eigenvalue weighted by Crippen LogP contribution is -1.97. The first-order chi connectivity index (χ1) is 8.52. The van der Waals surface area contributed by atoms with E-state index in [1.54, 1.807) is 10.7 Å². The lowest BCUT2D eigenvalue weighted by Gasteiger charge is -1.96. The van der Waals surface area contributed by atoms with Gasteiger partial charge in [0.1, 0.15) is 15.6 Å². The fourth-order valence-corrected chi connectivity index (χ4v) is 3.09. The Morgan fingerprint density at radius 1 is 1.56 bits per heavy atom. The molecule has 2 heterocycles. The Balaban J connectivity index is 2.54. The number of carboxylic acids is 1. The van der Waals surface area contributed by atoms with Crippen LogP contribution in [0.2, 0.25) is 8.67 Å². The number of thiophene rings is 1. The highest BCUT2D eigenvalue weighted by Crippen LogP contribution is 2.38. The molecule has 0 aliphatic heterocycles. The van der Waals surface area contributed by atoms with E-state index in [-0.39, 0.29) is 5.56 Å². The van der Waals surface area contributed by atoms with Gasteiger partial charge in [-0.05, 0) is 12.5 Å². The van der Waals surface area contributed by atoms with Gasteiger partial charge in [-0.25, -0.2) is 4.79 Å². The van der Waals surface area contributed by atoms with E-state index < -0.39 is 5.97 Å². The number of hydrogen-bond donors (Lipinski definition) is 1. The number of hydrogen-bond acceptors (Lipinski definition) is 3. The van der Waals surface area contributed by atoms with Crippen LogP contribution < -0.4 is 0 Å². The number of rotatable bonds is 4. The fourth-order valence-electron chi connectivity index (χ4n) is 1.62. The maximum absolute atomic E-state index is 11.2. The van der Waals surface area contributed by atoms with E-state index in [2.05, 4.69) is 5.10 Å². The summed E-state index contributed by atoms with van der Waals surface area (Å²) in [7, 11) is 0. The number of aromatic carboxylic acids is 1. The second-order valence-corrected chi connectivity index (χ2v) is 5.98. The van der Waals surface area contributed by atoms with E-state index in [1.165, 1.54) is 17.5 Å². The molecule has 0 unspecified atom stereocenters. The van der Waals surface area contributed by atoms with Crippen molar-refractivity contribution in [3.63, 3.8) is 0 Å². The van der Waals surface area contributed by atoms with Crippen molar-refractivity contribution in [2.24, 2.45) is 0 Å². The summed E-state index contributed by atoms with van der Waals surface area (Å²) >= 11 is 13.1. The van der Waals surface area contributed by atoms with Gasteiger partial charge in [0.25, 0.3) is 0 Å². The molecule has 7 heteroatoms. The van der Waals surface area contributed by atoms with Crippen LogP contribution in [0.5, 0.6) is 0 Å². The van der Waals surface area contributed by atoms with Gasteiger partial charge in [0.2, 0.25) is 0 Å². The van der Waals surface area contributed by atoms with Gasteiger partial charge < -0.3 is 5.11 Å². The van der Waals surface area contributed by atoms with Gasteiger partial charge in [-0.2, -0.15) is 5.10 Å². The van der Waals surface area contributed by atoms with Crippen molar-refractivity contribution < 1.29 is 9.90 Å². The molecule has 0 aromatic carbocycles. The minimum atomic E-state index is -1.02. The van der Waals surface area contributed by atoms with E-state index in [1.807, 2.05) is 6.92 Å². The number of nitrogens with zero attached hydrogens (tertiary/aromatic N) is 2. The first-order valence-electron chi connectivity index (χ1n) is 5.29. The zero-order valence-electron chi connectivity index (χ0n) is 9.48. The van der Waals surface area contributed by atoms with E-state index >= 15 is 0 Å². The van der Waals surface area contributed by atoms with Crippen molar-refractivity contribution >= 4 is 40.5 Å². The third-order valence-corrected chi connectivity index (χ3v) is 3.84. The quantitative estimate of drug-likeness (QED) is 0.928. The van der Waals surface area contributed by atoms with Gasteiger partial charge in [-0.15, -0.1) is 11.3 Å². The molecule has 0 fully saturated rings. The van der Waals surface area contributed by atoms with Crippen LogP contribution in [-0.4, -0.2) is 20.9 Å². The highest BCUT2D eigenvalue weighted by Gasteiger charge is 2.20. The molecule has 0 saturated heterocycles. The molecule has 0 bridgehead atoms. The van der Waals surface area contributed by atoms with Crippen LogP contribution in [0.15, 0.2) is 12.3 Å². The molecule has 0 amide bonds. The zero-order valence-corrected chi connectivity index (χ0v) is 11.8. The van der Waals surface area contributed by atoms with Gasteiger partial charge in [0, 0.05) is 18.3 Å². The molecule has 1 N–H and O–H groups in total. The van der Waals surface area contributed by atoms with Crippen LogP contribution in [-0.2, 0) is 6.54 Å². The van der Waals surface area contributed by atoms with Crippen molar-refractivity contribution in [1.82, 2.24) is 9.78 Å². The third kappa shape index (κ3) is 2.53. The Bertz CT molecular complexity index is 592. The fraction of sp³-hybridized carbons (Fsp3) is 0.273. The smallest absolute Gasteiger partial charge is 0.339 e. The Labute approximate surface area is 118 Å². The van der Waals surface area contributed by atoms with Crippen molar-refractivity contribution in [2.75, 3.05) is 0 Å². The predicted octanol–water partition coefficient (Wildman–Crippen LogP) is 4.03. The molecular formula is C11H10Cl2N2O2S. The van der Waals surface area contributed by atoms with Crippen LogP contribution in [0.1, 0.15) is 23.7 Å². The molecule has 18 heavy (non-hydrogen) atoms. The van der Waals surface area contributed by atoms with Crippen molar-refractivity contribution in [2.45, 2.75) is 19.9 Å². The Hall–Kier alpha value is -1.04. The molecule has 2 rings (SSSR count). The number of carboxylic acid groups (broad SMARTS) is 1. The molecule has 0 aliphatic rings. The number of carbonyl (C=O) groups is 1. The van der Waals surface area contributed by atoms with Gasteiger partial charge in [-0.3, -0.25) is 4.68 Å². The lowest BCUT2D eigenvalue weighted by molar-refractivity contribution is 0.0697. The highest BCUT2D eigenvalue weighted by atomic mass is 35.5. The van der Waals surface area contributed by atoms with Crippen LogP contribution in [0.25, 0.3) is 11.3 Å². The van der Waals surface area contributed by atoms with Gasteiger partial charge in [-0.1, -0.05) is 30.1 Å². The number of halogens is 2. The van der Waals surface area contributed by atoms with Crippen LogP contribution in [0, 0.1) is 0 Å². The highest BCUT2D eigenvalue weighted by molar-refractivity contribution is 7.20. The summed E-state index contributed by atoms with van der Waals surface area (Å²) in [5, 5.41) is 13.4. The summed E-state index contributed by atoms with van der Waals surface area (Å²) in [4.78, 5) is 11.2. The van der Waals surface area contributed by atoms with Crippen molar-refractivity contribution in [1.29, 1.82) is 0 Å². The number of aryl methyl sites for hydroxylation is 1. The minimum Gasteiger partial charge on any atom is -0.478 e. The van der Waals surface area contributed by atoms with E-state index in [0.717, 1.165) is 6.42 Å². The summed E-state index contributed by atoms with van der Waals surface area (Å²) in [5.74, 6) is -1.02. The Morgan fingerprint density at radius 2 is 2.28 bits per heavy atom. The standard InChI is InChI=1S/C11H10Cl2N2O2S/c1-2-3-15-5-7(11(16)17)9(14-15)6-4-8(12)18-10(6)13/h4-5H,2-3H2,1H3,(H,16,17). The second-order valence-electron chi connectivity index (χ2n) is 3.70. The first-order valence-corrected chi connectivity index (χ1v) is 6.86. The van der Waals surface area contributed by atoms with Gasteiger partial charge >= 0.3 is 5.97 Å². The molecule has 0 spiro atoms. The monoisotopic (exact) mass is 304 g/mol. The largest absolute Gasteiger partial charge is 0.478 e. The van der Waals surface area contributed by atoms with Crippen LogP contribution >= 0.6 is 34.5 Å². The summed E-state index contributed by atoms with van der Waals surface area (Å²) in [6.45, 7) is 2.66. The van der Waals surface area contributed by atoms with Gasteiger partial charge in [0.15, 0.2) is 0 Å². The predicted molar refractivity (Wildman–Crippen MR) is 72.8 cm³/mol. The summed E-state index contributed by atoms with van der Waals surface area (Å²) < 4.78 is 2.57. The Morgan fingerprint density at radius 3 is 2.78 bits per heavy atom. The summed E-state index contributed by atoms with van der Waals surface area (Å²) in [6.07, 6.45) is 2.39. The SMILES string of the molecule is CCCn1cc(C(=O)O)c(-c2cc(Cl)sc2Cl)n1. The normalized spacial score (nSPS) is 10.8. The molecule has 2 aromatic rings. The topological polar surface area (TPSA) is 55.1 Å². The minimum absolute atomic E-state index is 0.139.